The molecule has 0 saturated heterocycles. The van der Waals surface area contributed by atoms with Crippen molar-refractivity contribution in [3.8, 4) is 0 Å². The van der Waals surface area contributed by atoms with Gasteiger partial charge in [-0.2, -0.15) is 0 Å². The zero-order chi connectivity index (χ0) is 9.68. The topological polar surface area (TPSA) is 26.3 Å². The Balaban J connectivity index is 2.49. The van der Waals surface area contributed by atoms with Crippen LogP contribution in [0.3, 0.4) is 0 Å². The van der Waals surface area contributed by atoms with E-state index in [9.17, 15) is 4.79 Å². The van der Waals surface area contributed by atoms with Crippen molar-refractivity contribution in [2.75, 3.05) is 11.9 Å². The molecule has 1 aliphatic rings. The van der Waals surface area contributed by atoms with Crippen LogP contribution in [0.5, 0.6) is 0 Å². The number of ether oxygens (including phenoxy) is 1. The fourth-order valence-electron chi connectivity index (χ4n) is 1.89. The minimum Gasteiger partial charge on any atom is -0.377 e. The normalized spacial score (nSPS) is 26.0. The first-order chi connectivity index (χ1) is 6.29. The van der Waals surface area contributed by atoms with Crippen LogP contribution in [0.1, 0.15) is 32.6 Å². The summed E-state index contributed by atoms with van der Waals surface area (Å²) in [6.07, 6.45) is 4.09. The Bertz CT molecular complexity index is 170. The number of halogens is 1. The van der Waals surface area contributed by atoms with Crippen LogP contribution in [0.2, 0.25) is 0 Å². The van der Waals surface area contributed by atoms with Gasteiger partial charge in [0.2, 0.25) is 0 Å². The molecule has 76 valence electrons. The number of ketones is 1. The molecular formula is C10H17BrO2. The molecule has 2 unspecified atom stereocenters. The first kappa shape index (κ1) is 11.2. The molecule has 1 aliphatic carbocycles. The van der Waals surface area contributed by atoms with Crippen LogP contribution in [0.15, 0.2) is 0 Å². The number of hydrogen-bond acceptors (Lipinski definition) is 2. The van der Waals surface area contributed by atoms with Crippen LogP contribution >= 0.6 is 15.9 Å². The Morgan fingerprint density at radius 1 is 1.62 bits per heavy atom. The third-order valence-corrected chi connectivity index (χ3v) is 3.22. The lowest BCUT2D eigenvalue weighted by Gasteiger charge is -2.27. The van der Waals surface area contributed by atoms with Gasteiger partial charge >= 0.3 is 0 Å². The van der Waals surface area contributed by atoms with E-state index >= 15 is 0 Å². The standard InChI is InChI=1S/C10H17BrO2/c1-2-13-10(7-11)8-5-3-4-6-9(8)12/h8,10H,2-7H2,1H3. The summed E-state index contributed by atoms with van der Waals surface area (Å²) in [7, 11) is 0. The SMILES string of the molecule is CCOC(CBr)C1CCCCC1=O. The molecule has 0 aromatic rings. The molecular weight excluding hydrogens is 232 g/mol. The van der Waals surface area contributed by atoms with Crippen LogP contribution in [-0.2, 0) is 9.53 Å². The van der Waals surface area contributed by atoms with Gasteiger partial charge in [0, 0.05) is 24.3 Å². The fraction of sp³-hybridized carbons (Fsp3) is 0.900. The smallest absolute Gasteiger partial charge is 0.138 e. The number of carbonyl (C=O) groups excluding carboxylic acids is 1. The second kappa shape index (κ2) is 5.76. The van der Waals surface area contributed by atoms with Crippen molar-refractivity contribution < 1.29 is 9.53 Å². The van der Waals surface area contributed by atoms with Crippen molar-refractivity contribution in [3.05, 3.63) is 0 Å². The number of alkyl halides is 1. The van der Waals surface area contributed by atoms with Crippen LogP contribution in [0, 0.1) is 5.92 Å². The van der Waals surface area contributed by atoms with Crippen LogP contribution in [0.25, 0.3) is 0 Å². The van der Waals surface area contributed by atoms with Crippen molar-refractivity contribution in [2.24, 2.45) is 5.92 Å². The average molecular weight is 249 g/mol. The molecule has 0 N–H and O–H groups in total. The molecule has 0 amide bonds. The Morgan fingerprint density at radius 2 is 2.38 bits per heavy atom. The zero-order valence-corrected chi connectivity index (χ0v) is 9.68. The van der Waals surface area contributed by atoms with Gasteiger partial charge in [0.1, 0.15) is 5.78 Å². The highest BCUT2D eigenvalue weighted by Crippen LogP contribution is 2.26. The Labute approximate surface area is 88.2 Å². The minimum absolute atomic E-state index is 0.0952. The fourth-order valence-corrected chi connectivity index (χ4v) is 2.52. The summed E-state index contributed by atoms with van der Waals surface area (Å²) < 4.78 is 5.53. The highest BCUT2D eigenvalue weighted by molar-refractivity contribution is 9.09. The second-order valence-corrected chi connectivity index (χ2v) is 4.11. The minimum atomic E-state index is 0.0952. The largest absolute Gasteiger partial charge is 0.377 e. The van der Waals surface area contributed by atoms with E-state index in [1.807, 2.05) is 6.92 Å². The molecule has 2 atom stereocenters. The van der Waals surface area contributed by atoms with Crippen LogP contribution in [0.4, 0.5) is 0 Å². The molecule has 0 heterocycles. The molecule has 1 saturated carbocycles. The summed E-state index contributed by atoms with van der Waals surface area (Å²) in [5.74, 6) is 0.539. The molecule has 0 aromatic heterocycles. The predicted molar refractivity (Wildman–Crippen MR) is 56.2 cm³/mol. The third-order valence-electron chi connectivity index (χ3n) is 2.58. The van der Waals surface area contributed by atoms with Crippen molar-refractivity contribution in [1.29, 1.82) is 0 Å². The van der Waals surface area contributed by atoms with Gasteiger partial charge in [-0.25, -0.2) is 0 Å². The first-order valence-electron chi connectivity index (χ1n) is 4.99. The number of carbonyl (C=O) groups is 1. The first-order valence-corrected chi connectivity index (χ1v) is 6.12. The van der Waals surface area contributed by atoms with Gasteiger partial charge in [0.05, 0.1) is 6.10 Å². The van der Waals surface area contributed by atoms with Crippen molar-refractivity contribution in [1.82, 2.24) is 0 Å². The lowest BCUT2D eigenvalue weighted by atomic mass is 9.84. The van der Waals surface area contributed by atoms with E-state index in [0.29, 0.717) is 12.4 Å². The van der Waals surface area contributed by atoms with Crippen molar-refractivity contribution in [3.63, 3.8) is 0 Å². The molecule has 1 fully saturated rings. The molecule has 13 heavy (non-hydrogen) atoms. The zero-order valence-electron chi connectivity index (χ0n) is 8.09. The predicted octanol–water partition coefficient (Wildman–Crippen LogP) is 2.55. The summed E-state index contributed by atoms with van der Waals surface area (Å²) >= 11 is 3.40. The maximum atomic E-state index is 11.6. The molecule has 0 aliphatic heterocycles. The van der Waals surface area contributed by atoms with E-state index in [2.05, 4.69) is 15.9 Å². The molecule has 2 nitrogen and oxygen atoms in total. The van der Waals surface area contributed by atoms with Gasteiger partial charge in [-0.15, -0.1) is 0 Å². The van der Waals surface area contributed by atoms with Gasteiger partial charge < -0.3 is 4.74 Å². The quantitative estimate of drug-likeness (QED) is 0.716. The number of Topliss-reactive ketones (excluding diaryl/α,β-unsaturated/α-hetero) is 1. The second-order valence-electron chi connectivity index (χ2n) is 3.47. The maximum Gasteiger partial charge on any atom is 0.138 e. The monoisotopic (exact) mass is 248 g/mol. The third kappa shape index (κ3) is 3.06. The highest BCUT2D eigenvalue weighted by Gasteiger charge is 2.29. The lowest BCUT2D eigenvalue weighted by molar-refractivity contribution is -0.129. The summed E-state index contributed by atoms with van der Waals surface area (Å²) in [5, 5.41) is 0.775. The summed E-state index contributed by atoms with van der Waals surface area (Å²) in [6.45, 7) is 2.67. The molecule has 0 radical (unpaired) electrons. The number of rotatable bonds is 4. The van der Waals surface area contributed by atoms with E-state index in [4.69, 9.17) is 4.74 Å². The molecule has 3 heteroatoms. The van der Waals surface area contributed by atoms with Gasteiger partial charge in [0.25, 0.3) is 0 Å². The average Bonchev–Trinajstić information content (AvgIpc) is 2.16. The van der Waals surface area contributed by atoms with Gasteiger partial charge in [-0.05, 0) is 19.8 Å². The van der Waals surface area contributed by atoms with Gasteiger partial charge in [-0.3, -0.25) is 4.79 Å². The van der Waals surface area contributed by atoms with Crippen molar-refractivity contribution >= 4 is 21.7 Å². The van der Waals surface area contributed by atoms with Crippen molar-refractivity contribution in [2.45, 2.75) is 38.7 Å². The maximum absolute atomic E-state index is 11.6. The van der Waals surface area contributed by atoms with Gasteiger partial charge in [-0.1, -0.05) is 22.4 Å². The summed E-state index contributed by atoms with van der Waals surface area (Å²) in [4.78, 5) is 11.6. The lowest BCUT2D eigenvalue weighted by Crippen LogP contribution is -2.34. The van der Waals surface area contributed by atoms with E-state index in [0.717, 1.165) is 24.6 Å². The molecule has 0 spiro atoms. The Morgan fingerprint density at radius 3 is 2.92 bits per heavy atom. The molecule has 0 bridgehead atoms. The van der Waals surface area contributed by atoms with E-state index in [-0.39, 0.29) is 12.0 Å². The van der Waals surface area contributed by atoms with E-state index < -0.39 is 0 Å². The van der Waals surface area contributed by atoms with Gasteiger partial charge in [0.15, 0.2) is 0 Å². The Hall–Kier alpha value is 0.110. The highest BCUT2D eigenvalue weighted by atomic mass is 79.9. The Kier molecular flexibility index (Phi) is 4.96. The van der Waals surface area contributed by atoms with E-state index in [1.165, 1.54) is 6.42 Å². The summed E-state index contributed by atoms with van der Waals surface area (Å²) in [6, 6.07) is 0. The summed E-state index contributed by atoms with van der Waals surface area (Å²) in [5.41, 5.74) is 0. The molecule has 0 aromatic carbocycles. The van der Waals surface area contributed by atoms with Crippen LogP contribution in [-0.4, -0.2) is 23.8 Å². The van der Waals surface area contributed by atoms with E-state index in [1.54, 1.807) is 0 Å². The van der Waals surface area contributed by atoms with Crippen LogP contribution < -0.4 is 0 Å². The number of hydrogen-bond donors (Lipinski definition) is 0. The molecule has 1 rings (SSSR count).